The van der Waals surface area contributed by atoms with Crippen molar-refractivity contribution in [3.05, 3.63) is 17.5 Å². The number of amidine groups is 1. The molecule has 1 aromatic rings. The van der Waals surface area contributed by atoms with Gasteiger partial charge < -0.3 is 14.5 Å². The fourth-order valence-corrected chi connectivity index (χ4v) is 3.78. The van der Waals surface area contributed by atoms with Crippen LogP contribution in [-0.2, 0) is 40.9 Å². The van der Waals surface area contributed by atoms with E-state index in [4.69, 9.17) is 14.1 Å². The van der Waals surface area contributed by atoms with Gasteiger partial charge in [0.05, 0.1) is 18.4 Å². The maximum atomic E-state index is 12.8. The van der Waals surface area contributed by atoms with Crippen molar-refractivity contribution in [2.45, 2.75) is 32.0 Å². The van der Waals surface area contributed by atoms with E-state index in [9.17, 15) is 22.8 Å². The van der Waals surface area contributed by atoms with Crippen LogP contribution in [0.15, 0.2) is 11.2 Å². The van der Waals surface area contributed by atoms with Crippen molar-refractivity contribution in [1.29, 1.82) is 0 Å². The van der Waals surface area contributed by atoms with Gasteiger partial charge in [-0.1, -0.05) is 0 Å². The van der Waals surface area contributed by atoms with E-state index in [-0.39, 0.29) is 12.4 Å². The Labute approximate surface area is 176 Å². The molecule has 170 valence electrons. The van der Waals surface area contributed by atoms with Gasteiger partial charge in [0.25, 0.3) is 0 Å². The highest BCUT2D eigenvalue weighted by Crippen LogP contribution is 2.44. The summed E-state index contributed by atoms with van der Waals surface area (Å²) in [6.07, 6.45) is 0.226. The monoisotopic (exact) mass is 460 g/mol. The number of nitrogens with one attached hydrogen (secondary N) is 1. The van der Waals surface area contributed by atoms with Crippen LogP contribution in [0.25, 0.3) is 0 Å². The van der Waals surface area contributed by atoms with Gasteiger partial charge in [-0.15, -0.1) is 4.28 Å². The number of aromatic nitrogens is 2. The van der Waals surface area contributed by atoms with E-state index in [1.165, 1.54) is 29.7 Å². The molecular formula is C15H20N6O9S. The highest BCUT2D eigenvalue weighted by atomic mass is 32.3. The number of carbonyl (C=O) groups is 3. The summed E-state index contributed by atoms with van der Waals surface area (Å²) in [6.45, 7) is 2.43. The minimum atomic E-state index is -4.96. The number of ether oxygens (including phenoxy) is 1. The Hall–Kier alpha value is -3.24. The van der Waals surface area contributed by atoms with Crippen LogP contribution < -0.4 is 5.48 Å². The quantitative estimate of drug-likeness (QED) is 0.181. The highest BCUT2D eigenvalue weighted by molar-refractivity contribution is 7.80. The van der Waals surface area contributed by atoms with Crippen molar-refractivity contribution in [2.75, 3.05) is 13.6 Å². The molecule has 1 unspecified atom stereocenters. The fourth-order valence-electron chi connectivity index (χ4n) is 3.41. The van der Waals surface area contributed by atoms with E-state index in [0.29, 0.717) is 16.3 Å². The Balaban J connectivity index is 1.89. The Kier molecular flexibility index (Phi) is 5.88. The molecule has 2 aliphatic rings. The van der Waals surface area contributed by atoms with E-state index in [2.05, 4.69) is 19.9 Å². The molecule has 0 aromatic carbocycles. The Bertz CT molecular complexity index is 1050. The minimum absolute atomic E-state index is 0.00808. The molecule has 0 spiro atoms. The van der Waals surface area contributed by atoms with E-state index in [0.717, 1.165) is 6.92 Å². The van der Waals surface area contributed by atoms with Gasteiger partial charge in [-0.2, -0.15) is 18.6 Å². The third kappa shape index (κ3) is 4.30. The topological polar surface area (TPSA) is 182 Å². The molecule has 1 aromatic heterocycles. The number of esters is 1. The lowest BCUT2D eigenvalue weighted by molar-refractivity contribution is -0.168. The van der Waals surface area contributed by atoms with Crippen LogP contribution >= 0.6 is 0 Å². The average Bonchev–Trinajstić information content (AvgIpc) is 3.17. The molecule has 0 saturated carbocycles. The number of rotatable bonds is 5. The molecule has 0 aliphatic carbocycles. The van der Waals surface area contributed by atoms with Gasteiger partial charge in [0, 0.05) is 26.6 Å². The summed E-state index contributed by atoms with van der Waals surface area (Å²) in [5, 5.41) is 4.66. The normalized spacial score (nSPS) is 21.6. The number of hydrogen-bond acceptors (Lipinski definition) is 10. The Morgan fingerprint density at radius 2 is 2.10 bits per heavy atom. The molecule has 31 heavy (non-hydrogen) atoms. The van der Waals surface area contributed by atoms with Crippen LogP contribution in [0.4, 0.5) is 4.79 Å². The number of aliphatic imine (C=N–C) groups is 1. The first-order chi connectivity index (χ1) is 14.4. The average molecular weight is 460 g/mol. The van der Waals surface area contributed by atoms with Gasteiger partial charge in [0.15, 0.2) is 11.9 Å². The molecule has 2 N–H and O–H groups in total. The van der Waals surface area contributed by atoms with Gasteiger partial charge in [-0.05, 0) is 6.92 Å². The summed E-state index contributed by atoms with van der Waals surface area (Å²) in [4.78, 5) is 46.0. The summed E-state index contributed by atoms with van der Waals surface area (Å²) in [5.74, 6) is -1.58. The molecule has 2 aliphatic heterocycles. The smallest absolute Gasteiger partial charge is 0.418 e. The van der Waals surface area contributed by atoms with E-state index in [1.807, 2.05) is 0 Å². The van der Waals surface area contributed by atoms with Crippen LogP contribution in [-0.4, -0.2) is 76.2 Å². The van der Waals surface area contributed by atoms with Gasteiger partial charge in [-0.3, -0.25) is 19.0 Å². The molecule has 3 rings (SSSR count). The van der Waals surface area contributed by atoms with E-state index < -0.39 is 46.6 Å². The molecule has 2 bridgehead atoms. The molecule has 2 amide bonds. The summed E-state index contributed by atoms with van der Waals surface area (Å²) >= 11 is 0. The number of hydroxylamine groups is 3. The molecule has 16 heteroatoms. The first kappa shape index (κ1) is 22.4. The first-order valence-corrected chi connectivity index (χ1v) is 10.2. The molecular weight excluding hydrogens is 440 g/mol. The van der Waals surface area contributed by atoms with Crippen molar-refractivity contribution in [2.24, 2.45) is 12.0 Å². The second-order valence-corrected chi connectivity index (χ2v) is 7.68. The third-order valence-electron chi connectivity index (χ3n) is 4.64. The predicted molar refractivity (Wildman–Crippen MR) is 99.1 cm³/mol. The Morgan fingerprint density at radius 3 is 2.68 bits per heavy atom. The van der Waals surface area contributed by atoms with Crippen molar-refractivity contribution in [3.8, 4) is 0 Å². The predicted octanol–water partition coefficient (Wildman–Crippen LogP) is -0.984. The maximum absolute atomic E-state index is 12.8. The van der Waals surface area contributed by atoms with Crippen LogP contribution in [0, 0.1) is 0 Å². The largest absolute Gasteiger partial charge is 0.451 e. The van der Waals surface area contributed by atoms with Gasteiger partial charge in [0.1, 0.15) is 12.1 Å². The second kappa shape index (κ2) is 8.12. The summed E-state index contributed by atoms with van der Waals surface area (Å²) in [5.41, 5.74) is 3.26. The van der Waals surface area contributed by atoms with E-state index in [1.54, 1.807) is 7.05 Å². The SMILES string of the molecule is CN=C(NOC(=O)C(C)OC(C)=O)[C@@H]1c2c(cnn2C)[C@@H]2CN1C(=O)N2OS(=O)(=O)O. The zero-order valence-electron chi connectivity index (χ0n) is 16.9. The zero-order chi connectivity index (χ0) is 23.1. The lowest BCUT2D eigenvalue weighted by atomic mass is 9.97. The number of nitrogens with zero attached hydrogens (tertiary/aromatic N) is 5. The summed E-state index contributed by atoms with van der Waals surface area (Å²) in [7, 11) is -1.99. The number of amides is 2. The molecule has 15 nitrogen and oxygen atoms in total. The second-order valence-electron chi connectivity index (χ2n) is 6.67. The van der Waals surface area contributed by atoms with Gasteiger partial charge >= 0.3 is 28.4 Å². The number of carbonyl (C=O) groups excluding carboxylic acids is 3. The first-order valence-electron chi connectivity index (χ1n) is 8.83. The highest BCUT2D eigenvalue weighted by Gasteiger charge is 2.53. The lowest BCUT2D eigenvalue weighted by Crippen LogP contribution is -2.45. The van der Waals surface area contributed by atoms with Crippen LogP contribution in [0.2, 0.25) is 0 Å². The fraction of sp³-hybridized carbons (Fsp3) is 0.533. The number of fused-ring (bicyclic) bond motifs is 4. The van der Waals surface area contributed by atoms with Gasteiger partial charge in [0.2, 0.25) is 0 Å². The van der Waals surface area contributed by atoms with Crippen LogP contribution in [0.1, 0.15) is 37.2 Å². The Morgan fingerprint density at radius 1 is 1.42 bits per heavy atom. The minimum Gasteiger partial charge on any atom is -0.451 e. The summed E-state index contributed by atoms with van der Waals surface area (Å²) in [6, 6.07) is -2.69. The molecule has 3 heterocycles. The van der Waals surface area contributed by atoms with E-state index >= 15 is 0 Å². The number of urea groups is 1. The molecule has 1 saturated heterocycles. The zero-order valence-corrected chi connectivity index (χ0v) is 17.7. The maximum Gasteiger partial charge on any atom is 0.418 e. The number of aryl methyl sites for hydroxylation is 1. The standard InChI is InChI=1S/C15H20N6O9S/c1-7(28-8(2)22)14(23)29-18-13(16-3)12-11-9(5-17-19(11)4)10-6-20(12)15(24)21(10)30-31(25,26)27/h5,7,10,12H,6H2,1-4H3,(H,16,18)(H,25,26,27)/t7?,10-,12-/m0/s1. The van der Waals surface area contributed by atoms with Crippen molar-refractivity contribution in [3.63, 3.8) is 0 Å². The van der Waals surface area contributed by atoms with Crippen molar-refractivity contribution in [1.82, 2.24) is 25.2 Å². The van der Waals surface area contributed by atoms with Crippen molar-refractivity contribution >= 4 is 34.2 Å². The lowest BCUT2D eigenvalue weighted by Gasteiger charge is -2.31. The summed E-state index contributed by atoms with van der Waals surface area (Å²) < 4.78 is 42.1. The molecule has 3 atom stereocenters. The van der Waals surface area contributed by atoms with Crippen LogP contribution in [0.3, 0.4) is 0 Å². The third-order valence-corrected chi connectivity index (χ3v) is 4.99. The van der Waals surface area contributed by atoms with Gasteiger partial charge in [-0.25, -0.2) is 15.1 Å². The molecule has 0 radical (unpaired) electrons. The number of hydrogen-bond donors (Lipinski definition) is 2. The van der Waals surface area contributed by atoms with Crippen molar-refractivity contribution < 1.29 is 41.2 Å². The molecule has 1 fully saturated rings. The van der Waals surface area contributed by atoms with Crippen LogP contribution in [0.5, 0.6) is 0 Å².